The van der Waals surface area contributed by atoms with Crippen molar-refractivity contribution in [1.82, 2.24) is 23.9 Å². The number of pyridine rings is 2. The fourth-order valence-corrected chi connectivity index (χ4v) is 7.95. The molecule has 2 aliphatic rings. The lowest BCUT2D eigenvalue weighted by Gasteiger charge is -2.26. The third kappa shape index (κ3) is 5.05. The van der Waals surface area contributed by atoms with Crippen molar-refractivity contribution in [2.75, 3.05) is 18.0 Å². The largest absolute Gasteiger partial charge is 0.481 e. The molecule has 11 nitrogen and oxygen atoms in total. The van der Waals surface area contributed by atoms with Gasteiger partial charge in [0.05, 0.1) is 12.0 Å². The summed E-state index contributed by atoms with van der Waals surface area (Å²) in [6.07, 6.45) is 1.38. The lowest BCUT2D eigenvalue weighted by molar-refractivity contribution is -0.137. The quantitative estimate of drug-likeness (QED) is 0.319. The van der Waals surface area contributed by atoms with Crippen molar-refractivity contribution in [3.05, 3.63) is 81.9 Å². The number of hydrogen-bond donors (Lipinski definition) is 1. The normalized spacial score (nSPS) is 18.5. The third-order valence-electron chi connectivity index (χ3n) is 8.61. The topological polar surface area (TPSA) is 145 Å². The molecule has 228 valence electrons. The number of carbonyl (C=O) groups is 1. The number of sulfonamides is 1. The zero-order valence-electron chi connectivity index (χ0n) is 24.0. The number of rotatable bonds is 7. The van der Waals surface area contributed by atoms with E-state index in [0.29, 0.717) is 34.6 Å². The van der Waals surface area contributed by atoms with Crippen LogP contribution in [0.1, 0.15) is 70.8 Å². The molecule has 1 saturated heterocycles. The van der Waals surface area contributed by atoms with Gasteiger partial charge in [0.1, 0.15) is 16.8 Å². The van der Waals surface area contributed by atoms with Crippen molar-refractivity contribution < 1.29 is 27.1 Å². The van der Waals surface area contributed by atoms with Gasteiger partial charge in [0, 0.05) is 44.0 Å². The van der Waals surface area contributed by atoms with Gasteiger partial charge in [0.2, 0.25) is 15.8 Å². The number of benzene rings is 1. The molecule has 4 aromatic rings. The van der Waals surface area contributed by atoms with E-state index in [1.54, 1.807) is 19.1 Å². The molecule has 14 heteroatoms. The van der Waals surface area contributed by atoms with Crippen molar-refractivity contribution in [3.63, 3.8) is 0 Å². The monoisotopic (exact) mass is 621 g/mol. The predicted molar refractivity (Wildman–Crippen MR) is 155 cm³/mol. The van der Waals surface area contributed by atoms with Crippen LogP contribution in [-0.4, -0.2) is 62.5 Å². The molecule has 3 aromatic heterocycles. The first-order valence-corrected chi connectivity index (χ1v) is 15.5. The van der Waals surface area contributed by atoms with Gasteiger partial charge in [-0.3, -0.25) is 9.20 Å². The van der Waals surface area contributed by atoms with Gasteiger partial charge >= 0.3 is 5.97 Å². The van der Waals surface area contributed by atoms with E-state index in [2.05, 4.69) is 15.2 Å². The van der Waals surface area contributed by atoms with Gasteiger partial charge in [-0.1, -0.05) is 18.2 Å². The number of nitrogens with zero attached hydrogens (tertiary/aromatic N) is 7. The van der Waals surface area contributed by atoms with E-state index in [-0.39, 0.29) is 41.7 Å². The van der Waals surface area contributed by atoms with Crippen LogP contribution in [-0.2, 0) is 21.4 Å². The maximum absolute atomic E-state index is 14.0. The molecule has 1 unspecified atom stereocenters. The lowest BCUT2D eigenvalue weighted by Crippen LogP contribution is -2.39. The van der Waals surface area contributed by atoms with Crippen LogP contribution in [0.4, 0.5) is 14.6 Å². The van der Waals surface area contributed by atoms with Crippen molar-refractivity contribution >= 4 is 27.5 Å². The maximum atomic E-state index is 14.0. The van der Waals surface area contributed by atoms with Crippen LogP contribution in [0.15, 0.2) is 47.6 Å². The van der Waals surface area contributed by atoms with E-state index >= 15 is 0 Å². The average Bonchev–Trinajstić information content (AvgIpc) is 3.63. The summed E-state index contributed by atoms with van der Waals surface area (Å²) in [4.78, 5) is 18.4. The highest BCUT2D eigenvalue weighted by molar-refractivity contribution is 7.89. The summed E-state index contributed by atoms with van der Waals surface area (Å²) in [7, 11) is -4.04. The van der Waals surface area contributed by atoms with Crippen LogP contribution in [0.5, 0.6) is 0 Å². The van der Waals surface area contributed by atoms with Gasteiger partial charge in [-0.2, -0.15) is 9.57 Å². The van der Waals surface area contributed by atoms with E-state index in [1.165, 1.54) is 27.2 Å². The Morgan fingerprint density at radius 3 is 2.73 bits per heavy atom. The van der Waals surface area contributed by atoms with Crippen LogP contribution < -0.4 is 4.90 Å². The van der Waals surface area contributed by atoms with Crippen LogP contribution in [0.3, 0.4) is 0 Å². The first-order chi connectivity index (χ1) is 21.0. The number of carboxylic acids is 1. The van der Waals surface area contributed by atoms with Gasteiger partial charge in [-0.25, -0.2) is 22.2 Å². The van der Waals surface area contributed by atoms with Crippen molar-refractivity contribution in [2.24, 2.45) is 0 Å². The summed E-state index contributed by atoms with van der Waals surface area (Å²) in [5.74, 6) is -1.87. The molecule has 2 atom stereocenters. The Morgan fingerprint density at radius 1 is 1.20 bits per heavy atom. The molecule has 0 bridgehead atoms. The number of aromatic nitrogens is 4. The number of aliphatic carboxylic acids is 1. The van der Waals surface area contributed by atoms with E-state index in [0.717, 1.165) is 18.4 Å². The highest BCUT2D eigenvalue weighted by Gasteiger charge is 2.40. The number of fused-ring (bicyclic) bond motifs is 4. The van der Waals surface area contributed by atoms with Crippen LogP contribution >= 0.6 is 0 Å². The highest BCUT2D eigenvalue weighted by Crippen LogP contribution is 2.38. The number of hydrogen-bond acceptors (Lipinski definition) is 8. The van der Waals surface area contributed by atoms with E-state index < -0.39 is 34.2 Å². The molecule has 0 radical (unpaired) electrons. The maximum Gasteiger partial charge on any atom is 0.304 e. The minimum atomic E-state index is -4.04. The second-order valence-corrected chi connectivity index (χ2v) is 13.1. The zero-order valence-corrected chi connectivity index (χ0v) is 24.8. The summed E-state index contributed by atoms with van der Waals surface area (Å²) >= 11 is 0. The van der Waals surface area contributed by atoms with Gasteiger partial charge < -0.3 is 10.0 Å². The molecular weight excluding hydrogens is 592 g/mol. The highest BCUT2D eigenvalue weighted by atomic mass is 32.2. The zero-order chi connectivity index (χ0) is 31.3. The lowest BCUT2D eigenvalue weighted by atomic mass is 9.85. The van der Waals surface area contributed by atoms with Crippen molar-refractivity contribution in [3.8, 4) is 6.07 Å². The average molecular weight is 622 g/mol. The summed E-state index contributed by atoms with van der Waals surface area (Å²) in [6.45, 7) is 4.48. The Bertz CT molecular complexity index is 1940. The Kier molecular flexibility index (Phi) is 7.54. The summed E-state index contributed by atoms with van der Waals surface area (Å²) < 4.78 is 57.6. The second kappa shape index (κ2) is 11.2. The van der Waals surface area contributed by atoms with E-state index in [4.69, 9.17) is 0 Å². The Balaban J connectivity index is 1.41. The van der Waals surface area contributed by atoms with Crippen LogP contribution in [0.25, 0.3) is 5.65 Å². The molecular formula is C30H29F2N7O4S. The number of aryl methyl sites for hydroxylation is 2. The Hall–Kier alpha value is -4.48. The van der Waals surface area contributed by atoms with Crippen molar-refractivity contribution in [2.45, 2.75) is 62.9 Å². The third-order valence-corrected chi connectivity index (χ3v) is 10.4. The standard InChI is InChI=1S/C30H29F2N7O4S/c1-17-5-6-20(24(12-26(40)41)23-7-9-39-28(18(23)2)35-36-30(39)27(31)32)11-21(17)15-37-16-22-4-3-8-38(22)29-25(44(37,42)43)10-19(13-33)14-34-29/h5-7,9-11,14,22,24,27H,3-4,8,12,15-16H2,1-2H3,(H,40,41)/t22-,24?/m1/s1. The summed E-state index contributed by atoms with van der Waals surface area (Å²) in [5.41, 5.74) is 3.63. The first-order valence-electron chi connectivity index (χ1n) is 14.1. The fraction of sp³-hybridized carbons (Fsp3) is 0.367. The molecule has 6 rings (SSSR count). The molecule has 1 N–H and O–H groups in total. The Labute approximate surface area is 252 Å². The molecule has 1 fully saturated rings. The predicted octanol–water partition coefficient (Wildman–Crippen LogP) is 4.33. The van der Waals surface area contributed by atoms with Gasteiger partial charge in [-0.15, -0.1) is 10.2 Å². The molecule has 0 amide bonds. The minimum Gasteiger partial charge on any atom is -0.481 e. The second-order valence-electron chi connectivity index (χ2n) is 11.2. The van der Waals surface area contributed by atoms with Crippen LogP contribution in [0, 0.1) is 25.2 Å². The summed E-state index contributed by atoms with van der Waals surface area (Å²) in [6, 6.07) is 10.3. The SMILES string of the molecule is Cc1ccc(C(CC(=O)O)c2ccn3c(C(F)F)nnc3c2C)cc1CN1C[C@H]2CCCN2c2ncc(C#N)cc2S1(=O)=O. The fourth-order valence-electron chi connectivity index (χ4n) is 6.32. The number of anilines is 1. The molecule has 0 saturated carbocycles. The Morgan fingerprint density at radius 2 is 2.00 bits per heavy atom. The van der Waals surface area contributed by atoms with E-state index in [1.807, 2.05) is 30.0 Å². The minimum absolute atomic E-state index is 0.00101. The smallest absolute Gasteiger partial charge is 0.304 e. The number of nitriles is 1. The number of halogens is 2. The molecule has 44 heavy (non-hydrogen) atoms. The van der Waals surface area contributed by atoms with E-state index in [9.17, 15) is 32.4 Å². The number of carboxylic acid groups (broad SMARTS) is 1. The summed E-state index contributed by atoms with van der Waals surface area (Å²) in [5, 5.41) is 26.8. The van der Waals surface area contributed by atoms with Gasteiger partial charge in [0.25, 0.3) is 6.43 Å². The first kappa shape index (κ1) is 29.6. The van der Waals surface area contributed by atoms with Crippen molar-refractivity contribution in [1.29, 1.82) is 5.26 Å². The van der Waals surface area contributed by atoms with Crippen LogP contribution in [0.2, 0.25) is 0 Å². The molecule has 0 spiro atoms. The molecule has 2 aliphatic heterocycles. The van der Waals surface area contributed by atoms with Gasteiger partial charge in [-0.05, 0) is 66.6 Å². The number of alkyl halides is 2. The molecule has 5 heterocycles. The molecule has 1 aromatic carbocycles. The van der Waals surface area contributed by atoms with Gasteiger partial charge in [0.15, 0.2) is 5.65 Å². The molecule has 0 aliphatic carbocycles.